The van der Waals surface area contributed by atoms with Crippen molar-refractivity contribution in [2.24, 2.45) is 0 Å². The largest absolute Gasteiger partial charge is 0.483 e. The standard InChI is InChI=1S/C14H13Br2NO2S/c1-17(8-10-6-7-13(16)20-10)14(18)9-19-12-5-3-2-4-11(12)15/h2-7H,8-9H2,1H3. The van der Waals surface area contributed by atoms with Crippen LogP contribution in [0.2, 0.25) is 0 Å². The lowest BCUT2D eigenvalue weighted by atomic mass is 10.3. The predicted molar refractivity (Wildman–Crippen MR) is 88.1 cm³/mol. The van der Waals surface area contributed by atoms with Crippen LogP contribution in [0.3, 0.4) is 0 Å². The molecule has 0 aliphatic rings. The molecular formula is C14H13Br2NO2S. The van der Waals surface area contributed by atoms with Gasteiger partial charge in [-0.3, -0.25) is 4.79 Å². The van der Waals surface area contributed by atoms with Gasteiger partial charge in [0.25, 0.3) is 5.91 Å². The summed E-state index contributed by atoms with van der Waals surface area (Å²) in [7, 11) is 1.78. The van der Waals surface area contributed by atoms with Crippen molar-refractivity contribution < 1.29 is 9.53 Å². The third-order valence-electron chi connectivity index (χ3n) is 2.64. The van der Waals surface area contributed by atoms with Gasteiger partial charge < -0.3 is 9.64 Å². The van der Waals surface area contributed by atoms with E-state index in [2.05, 4.69) is 31.9 Å². The summed E-state index contributed by atoms with van der Waals surface area (Å²) in [4.78, 5) is 14.8. The quantitative estimate of drug-likeness (QED) is 0.723. The smallest absolute Gasteiger partial charge is 0.260 e. The number of halogens is 2. The van der Waals surface area contributed by atoms with Crippen LogP contribution in [-0.4, -0.2) is 24.5 Å². The van der Waals surface area contributed by atoms with E-state index in [4.69, 9.17) is 4.74 Å². The van der Waals surface area contributed by atoms with E-state index in [0.29, 0.717) is 12.3 Å². The van der Waals surface area contributed by atoms with Gasteiger partial charge in [-0.25, -0.2) is 0 Å². The maximum absolute atomic E-state index is 12.0. The highest BCUT2D eigenvalue weighted by Gasteiger charge is 2.12. The van der Waals surface area contributed by atoms with Crippen LogP contribution in [0.4, 0.5) is 0 Å². The highest BCUT2D eigenvalue weighted by molar-refractivity contribution is 9.11. The highest BCUT2D eigenvalue weighted by atomic mass is 79.9. The number of hydrogen-bond acceptors (Lipinski definition) is 3. The van der Waals surface area contributed by atoms with Crippen LogP contribution in [0.15, 0.2) is 44.7 Å². The van der Waals surface area contributed by atoms with Gasteiger partial charge in [0.2, 0.25) is 0 Å². The fourth-order valence-corrected chi connectivity index (χ4v) is 3.51. The summed E-state index contributed by atoms with van der Waals surface area (Å²) in [6.07, 6.45) is 0. The minimum Gasteiger partial charge on any atom is -0.483 e. The zero-order chi connectivity index (χ0) is 14.5. The van der Waals surface area contributed by atoms with E-state index < -0.39 is 0 Å². The van der Waals surface area contributed by atoms with E-state index in [-0.39, 0.29) is 12.5 Å². The molecule has 20 heavy (non-hydrogen) atoms. The van der Waals surface area contributed by atoms with Crippen LogP contribution in [-0.2, 0) is 11.3 Å². The van der Waals surface area contributed by atoms with Crippen molar-refractivity contribution >= 4 is 49.1 Å². The SMILES string of the molecule is CN(Cc1ccc(Br)s1)C(=O)COc1ccccc1Br. The number of carbonyl (C=O) groups excluding carboxylic acids is 1. The second-order valence-electron chi connectivity index (χ2n) is 4.17. The van der Waals surface area contributed by atoms with Crippen LogP contribution in [0.1, 0.15) is 4.88 Å². The zero-order valence-electron chi connectivity index (χ0n) is 10.8. The monoisotopic (exact) mass is 417 g/mol. The molecule has 2 aromatic rings. The maximum atomic E-state index is 12.0. The Morgan fingerprint density at radius 1 is 1.25 bits per heavy atom. The Morgan fingerprint density at radius 2 is 2.00 bits per heavy atom. The van der Waals surface area contributed by atoms with E-state index >= 15 is 0 Å². The molecule has 0 N–H and O–H groups in total. The molecule has 0 unspecified atom stereocenters. The molecule has 0 aliphatic carbocycles. The molecule has 0 saturated carbocycles. The van der Waals surface area contributed by atoms with E-state index in [0.717, 1.165) is 13.1 Å². The molecule has 1 aromatic carbocycles. The number of rotatable bonds is 5. The molecule has 1 aromatic heterocycles. The summed E-state index contributed by atoms with van der Waals surface area (Å²) >= 11 is 8.42. The number of nitrogens with zero attached hydrogens (tertiary/aromatic N) is 1. The van der Waals surface area contributed by atoms with Crippen molar-refractivity contribution in [1.82, 2.24) is 4.90 Å². The van der Waals surface area contributed by atoms with Crippen molar-refractivity contribution in [2.45, 2.75) is 6.54 Å². The fraction of sp³-hybridized carbons (Fsp3) is 0.214. The Bertz CT molecular complexity index is 600. The molecule has 0 atom stereocenters. The van der Waals surface area contributed by atoms with E-state index in [1.807, 2.05) is 36.4 Å². The predicted octanol–water partition coefficient (Wildman–Crippen LogP) is 4.31. The molecule has 0 spiro atoms. The Hall–Kier alpha value is -0.850. The minimum absolute atomic E-state index is 0.0334. The van der Waals surface area contributed by atoms with E-state index in [9.17, 15) is 4.79 Å². The van der Waals surface area contributed by atoms with Gasteiger partial charge in [0.05, 0.1) is 14.8 Å². The minimum atomic E-state index is -0.0507. The summed E-state index contributed by atoms with van der Waals surface area (Å²) in [5.41, 5.74) is 0. The first kappa shape index (κ1) is 15.5. The van der Waals surface area contributed by atoms with Gasteiger partial charge in [0.1, 0.15) is 5.75 Å². The number of likely N-dealkylation sites (N-methyl/N-ethyl adjacent to an activating group) is 1. The Balaban J connectivity index is 1.87. The maximum Gasteiger partial charge on any atom is 0.260 e. The number of benzene rings is 1. The van der Waals surface area contributed by atoms with Crippen molar-refractivity contribution in [3.63, 3.8) is 0 Å². The summed E-state index contributed by atoms with van der Waals surface area (Å²) in [6.45, 7) is 0.625. The van der Waals surface area contributed by atoms with Crippen molar-refractivity contribution in [1.29, 1.82) is 0 Å². The molecule has 1 amide bonds. The number of thiophene rings is 1. The van der Waals surface area contributed by atoms with E-state index in [1.165, 1.54) is 0 Å². The molecular weight excluding hydrogens is 406 g/mol. The van der Waals surface area contributed by atoms with Crippen molar-refractivity contribution in [3.8, 4) is 5.75 Å². The lowest BCUT2D eigenvalue weighted by Crippen LogP contribution is -2.30. The normalized spacial score (nSPS) is 10.3. The van der Waals surface area contributed by atoms with Gasteiger partial charge >= 0.3 is 0 Å². The lowest BCUT2D eigenvalue weighted by Gasteiger charge is -2.16. The Labute approximate surface area is 138 Å². The summed E-state index contributed by atoms with van der Waals surface area (Å²) in [5, 5.41) is 0. The highest BCUT2D eigenvalue weighted by Crippen LogP contribution is 2.24. The lowest BCUT2D eigenvalue weighted by molar-refractivity contribution is -0.132. The molecule has 106 valence electrons. The number of hydrogen-bond donors (Lipinski definition) is 0. The molecule has 6 heteroatoms. The molecule has 1 heterocycles. The molecule has 0 bridgehead atoms. The van der Waals surface area contributed by atoms with E-state index in [1.54, 1.807) is 23.3 Å². The fourth-order valence-electron chi connectivity index (χ4n) is 1.57. The van der Waals surface area contributed by atoms with Crippen LogP contribution in [0.25, 0.3) is 0 Å². The van der Waals surface area contributed by atoms with Gasteiger partial charge in [0.15, 0.2) is 6.61 Å². The Kier molecular flexibility index (Phi) is 5.63. The first-order valence-electron chi connectivity index (χ1n) is 5.92. The molecule has 3 nitrogen and oxygen atoms in total. The molecule has 0 fully saturated rings. The molecule has 0 radical (unpaired) electrons. The first-order valence-corrected chi connectivity index (χ1v) is 8.32. The van der Waals surface area contributed by atoms with Crippen LogP contribution in [0.5, 0.6) is 5.75 Å². The van der Waals surface area contributed by atoms with Gasteiger partial charge in [0, 0.05) is 11.9 Å². The summed E-state index contributed by atoms with van der Waals surface area (Å²) in [6, 6.07) is 11.5. The number of ether oxygens (including phenoxy) is 1. The van der Waals surface area contributed by atoms with Gasteiger partial charge in [-0.1, -0.05) is 12.1 Å². The number of para-hydroxylation sites is 1. The summed E-state index contributed by atoms with van der Waals surface area (Å²) in [5.74, 6) is 0.624. The van der Waals surface area contributed by atoms with Crippen LogP contribution >= 0.6 is 43.2 Å². The molecule has 0 aliphatic heterocycles. The average Bonchev–Trinajstić information content (AvgIpc) is 2.82. The topological polar surface area (TPSA) is 29.5 Å². The second kappa shape index (κ2) is 7.24. The third kappa shape index (κ3) is 4.33. The van der Waals surface area contributed by atoms with Gasteiger partial charge in [-0.15, -0.1) is 11.3 Å². The number of carbonyl (C=O) groups is 1. The van der Waals surface area contributed by atoms with Crippen LogP contribution < -0.4 is 4.74 Å². The Morgan fingerprint density at radius 3 is 2.65 bits per heavy atom. The number of amides is 1. The van der Waals surface area contributed by atoms with Crippen LogP contribution in [0, 0.1) is 0 Å². The molecule has 0 saturated heterocycles. The second-order valence-corrected chi connectivity index (χ2v) is 7.58. The summed E-state index contributed by atoms with van der Waals surface area (Å²) < 4.78 is 7.43. The van der Waals surface area contributed by atoms with Gasteiger partial charge in [-0.05, 0) is 56.1 Å². The van der Waals surface area contributed by atoms with Crippen molar-refractivity contribution in [3.05, 3.63) is 49.5 Å². The average molecular weight is 419 g/mol. The first-order chi connectivity index (χ1) is 9.56. The third-order valence-corrected chi connectivity index (χ3v) is 4.90. The molecule has 2 rings (SSSR count). The van der Waals surface area contributed by atoms with Gasteiger partial charge in [-0.2, -0.15) is 0 Å². The zero-order valence-corrected chi connectivity index (χ0v) is 14.8. The van der Waals surface area contributed by atoms with Crippen molar-refractivity contribution in [2.75, 3.05) is 13.7 Å².